The molecule has 1 aliphatic heterocycles. The minimum Gasteiger partial charge on any atom is -0.465 e. The Bertz CT molecular complexity index is 1380. The van der Waals surface area contributed by atoms with Gasteiger partial charge >= 0.3 is 6.09 Å². The Balaban J connectivity index is 1.66. The van der Waals surface area contributed by atoms with Crippen LogP contribution in [0.3, 0.4) is 0 Å². The Hall–Kier alpha value is -4.24. The number of anilines is 1. The van der Waals surface area contributed by atoms with Gasteiger partial charge in [0, 0.05) is 30.9 Å². The third-order valence-electron chi connectivity index (χ3n) is 6.53. The first-order valence-corrected chi connectivity index (χ1v) is 11.5. The van der Waals surface area contributed by atoms with Crippen LogP contribution < -0.4 is 10.2 Å². The molecule has 1 amide bonds. The van der Waals surface area contributed by atoms with Crippen LogP contribution in [0.1, 0.15) is 24.0 Å². The molecule has 2 aromatic heterocycles. The van der Waals surface area contributed by atoms with E-state index in [4.69, 9.17) is 0 Å². The molecule has 170 valence electrons. The van der Waals surface area contributed by atoms with E-state index in [1.54, 1.807) is 0 Å². The minimum atomic E-state index is -0.975. The first kappa shape index (κ1) is 21.6. The van der Waals surface area contributed by atoms with Crippen molar-refractivity contribution in [3.8, 4) is 28.5 Å². The van der Waals surface area contributed by atoms with Gasteiger partial charge in [-0.1, -0.05) is 42.0 Å². The van der Waals surface area contributed by atoms with E-state index in [1.807, 2.05) is 24.3 Å². The Labute approximate surface area is 198 Å². The summed E-state index contributed by atoms with van der Waals surface area (Å²) in [6.07, 6.45) is 2.88. The third-order valence-corrected chi connectivity index (χ3v) is 6.53. The van der Waals surface area contributed by atoms with E-state index < -0.39 is 6.09 Å². The highest BCUT2D eigenvalue weighted by Gasteiger charge is 2.24. The molecule has 2 N–H and O–H groups in total. The molecule has 1 saturated heterocycles. The van der Waals surface area contributed by atoms with Crippen LogP contribution in [0.5, 0.6) is 0 Å². The number of hydrogen-bond donors (Lipinski definition) is 2. The molecular formula is C28H26N4O2. The molecule has 0 saturated carbocycles. The highest BCUT2D eigenvalue weighted by Crippen LogP contribution is 2.39. The summed E-state index contributed by atoms with van der Waals surface area (Å²) in [5.41, 5.74) is 8.36. The van der Waals surface area contributed by atoms with E-state index in [-0.39, 0.29) is 6.04 Å². The van der Waals surface area contributed by atoms with Crippen molar-refractivity contribution in [2.24, 2.45) is 0 Å². The number of fused-ring (bicyclic) bond motifs is 1. The number of carbonyl (C=O) groups is 1. The van der Waals surface area contributed by atoms with Crippen molar-refractivity contribution in [2.45, 2.75) is 25.8 Å². The van der Waals surface area contributed by atoms with E-state index in [0.29, 0.717) is 12.1 Å². The lowest BCUT2D eigenvalue weighted by Crippen LogP contribution is -2.47. The lowest BCUT2D eigenvalue weighted by molar-refractivity contribution is 0.188. The Morgan fingerprint density at radius 2 is 1.82 bits per heavy atom. The molecule has 0 bridgehead atoms. The van der Waals surface area contributed by atoms with Gasteiger partial charge in [-0.2, -0.15) is 5.26 Å². The second-order valence-corrected chi connectivity index (χ2v) is 8.85. The summed E-state index contributed by atoms with van der Waals surface area (Å²) in [6, 6.07) is 24.7. The fourth-order valence-electron chi connectivity index (χ4n) is 4.89. The Morgan fingerprint density at radius 3 is 2.53 bits per heavy atom. The summed E-state index contributed by atoms with van der Waals surface area (Å²) >= 11 is 0. The predicted molar refractivity (Wildman–Crippen MR) is 134 cm³/mol. The van der Waals surface area contributed by atoms with Gasteiger partial charge in [0.05, 0.1) is 28.5 Å². The molecule has 4 aromatic rings. The average Bonchev–Trinajstić information content (AvgIpc) is 3.24. The molecular weight excluding hydrogens is 424 g/mol. The first-order chi connectivity index (χ1) is 16.5. The Morgan fingerprint density at radius 1 is 1.09 bits per heavy atom. The fraction of sp³-hybridized carbons (Fsp3) is 0.214. The van der Waals surface area contributed by atoms with Gasteiger partial charge < -0.3 is 19.7 Å². The van der Waals surface area contributed by atoms with Crippen molar-refractivity contribution >= 4 is 17.3 Å². The van der Waals surface area contributed by atoms with Gasteiger partial charge in [-0.15, -0.1) is 0 Å². The molecule has 34 heavy (non-hydrogen) atoms. The first-order valence-electron chi connectivity index (χ1n) is 11.5. The van der Waals surface area contributed by atoms with Gasteiger partial charge in [-0.3, -0.25) is 0 Å². The number of piperidine rings is 1. The largest absolute Gasteiger partial charge is 0.465 e. The van der Waals surface area contributed by atoms with E-state index in [9.17, 15) is 15.2 Å². The number of aryl methyl sites for hydroxylation is 1. The Kier molecular flexibility index (Phi) is 5.69. The lowest BCUT2D eigenvalue weighted by atomic mass is 10.00. The monoisotopic (exact) mass is 450 g/mol. The van der Waals surface area contributed by atoms with Gasteiger partial charge in [0.1, 0.15) is 0 Å². The zero-order valence-electron chi connectivity index (χ0n) is 19.0. The lowest BCUT2D eigenvalue weighted by Gasteiger charge is -2.34. The molecule has 0 radical (unpaired) electrons. The van der Waals surface area contributed by atoms with Gasteiger partial charge in [-0.05, 0) is 61.2 Å². The number of nitriles is 1. The normalized spacial score (nSPS) is 15.8. The third kappa shape index (κ3) is 4.08. The standard InChI is InChI=1S/C28H26N4O2/c1-19-6-10-22(11-7-19)27-24(21-12-8-20(17-29)9-13-21)16-26-25(5-3-15-32(26)27)31-14-2-4-23(18-31)30-28(33)34/h3,5-13,15-16,23,30H,2,4,14,18H2,1H3,(H,33,34). The summed E-state index contributed by atoms with van der Waals surface area (Å²) in [5, 5.41) is 21.1. The molecule has 6 heteroatoms. The van der Waals surface area contributed by atoms with Crippen LogP contribution in [-0.4, -0.2) is 34.7 Å². The van der Waals surface area contributed by atoms with E-state index in [0.717, 1.165) is 53.0 Å². The molecule has 1 unspecified atom stereocenters. The fourth-order valence-corrected chi connectivity index (χ4v) is 4.89. The van der Waals surface area contributed by atoms with Crippen LogP contribution in [0.25, 0.3) is 27.9 Å². The van der Waals surface area contributed by atoms with Crippen molar-refractivity contribution in [3.63, 3.8) is 0 Å². The molecule has 1 atom stereocenters. The minimum absolute atomic E-state index is 0.0870. The second-order valence-electron chi connectivity index (χ2n) is 8.85. The number of pyridine rings is 1. The number of rotatable bonds is 4. The molecule has 5 rings (SSSR count). The van der Waals surface area contributed by atoms with E-state index in [1.165, 1.54) is 5.56 Å². The summed E-state index contributed by atoms with van der Waals surface area (Å²) in [4.78, 5) is 13.5. The van der Waals surface area contributed by atoms with Gasteiger partial charge in [0.2, 0.25) is 0 Å². The predicted octanol–water partition coefficient (Wildman–Crippen LogP) is 5.69. The second kappa shape index (κ2) is 8.95. The quantitative estimate of drug-likeness (QED) is 0.419. The van der Waals surface area contributed by atoms with Crippen LogP contribution in [0, 0.1) is 18.3 Å². The SMILES string of the molecule is Cc1ccc(-c2c(-c3ccc(C#N)cc3)cc3c(N4CCCC(NC(=O)O)C4)cccn23)cc1. The van der Waals surface area contributed by atoms with Crippen LogP contribution in [0.2, 0.25) is 0 Å². The van der Waals surface area contributed by atoms with Crippen molar-refractivity contribution in [1.29, 1.82) is 5.26 Å². The number of nitrogens with zero attached hydrogens (tertiary/aromatic N) is 3. The number of amides is 1. The van der Waals surface area contributed by atoms with Crippen molar-refractivity contribution < 1.29 is 9.90 Å². The molecule has 2 aromatic carbocycles. The number of hydrogen-bond acceptors (Lipinski definition) is 3. The average molecular weight is 451 g/mol. The molecule has 3 heterocycles. The van der Waals surface area contributed by atoms with Gasteiger partial charge in [-0.25, -0.2) is 4.79 Å². The van der Waals surface area contributed by atoms with Crippen LogP contribution >= 0.6 is 0 Å². The number of aromatic nitrogens is 1. The van der Waals surface area contributed by atoms with Crippen LogP contribution in [0.15, 0.2) is 72.9 Å². The maximum absolute atomic E-state index is 11.2. The van der Waals surface area contributed by atoms with Gasteiger partial charge in [0.25, 0.3) is 0 Å². The highest BCUT2D eigenvalue weighted by atomic mass is 16.4. The van der Waals surface area contributed by atoms with Crippen molar-refractivity contribution in [2.75, 3.05) is 18.0 Å². The molecule has 1 aliphatic rings. The summed E-state index contributed by atoms with van der Waals surface area (Å²) in [5.74, 6) is 0. The maximum Gasteiger partial charge on any atom is 0.404 e. The van der Waals surface area contributed by atoms with Gasteiger partial charge in [0.15, 0.2) is 0 Å². The van der Waals surface area contributed by atoms with E-state index >= 15 is 0 Å². The summed E-state index contributed by atoms with van der Waals surface area (Å²) in [6.45, 7) is 3.61. The molecule has 1 fully saturated rings. The maximum atomic E-state index is 11.2. The molecule has 0 spiro atoms. The zero-order valence-corrected chi connectivity index (χ0v) is 19.0. The van der Waals surface area contributed by atoms with Crippen LogP contribution in [0.4, 0.5) is 10.5 Å². The van der Waals surface area contributed by atoms with Crippen molar-refractivity contribution in [3.05, 3.63) is 84.1 Å². The van der Waals surface area contributed by atoms with E-state index in [2.05, 4.69) is 76.3 Å². The summed E-state index contributed by atoms with van der Waals surface area (Å²) < 4.78 is 2.22. The zero-order chi connectivity index (χ0) is 23.7. The number of benzene rings is 2. The smallest absolute Gasteiger partial charge is 0.404 e. The topological polar surface area (TPSA) is 80.8 Å². The molecule has 6 nitrogen and oxygen atoms in total. The van der Waals surface area contributed by atoms with Crippen molar-refractivity contribution in [1.82, 2.24) is 9.72 Å². The number of nitrogens with one attached hydrogen (secondary N) is 1. The molecule has 0 aliphatic carbocycles. The highest BCUT2D eigenvalue weighted by molar-refractivity contribution is 5.91. The number of carboxylic acid groups (broad SMARTS) is 1. The summed E-state index contributed by atoms with van der Waals surface area (Å²) in [7, 11) is 0. The van der Waals surface area contributed by atoms with Crippen LogP contribution in [-0.2, 0) is 0 Å².